The number of esters is 1. The molecule has 1 aliphatic rings. The second-order valence-electron chi connectivity index (χ2n) is 10.7. The third-order valence-corrected chi connectivity index (χ3v) is 10.2. The summed E-state index contributed by atoms with van der Waals surface area (Å²) in [5.41, 5.74) is 3.55. The molecule has 0 amide bonds. The lowest BCUT2D eigenvalue weighted by atomic mass is 10.0. The smallest absolute Gasteiger partial charge is 0.357 e. The van der Waals surface area contributed by atoms with Gasteiger partial charge in [0.2, 0.25) is 0 Å². The Morgan fingerprint density at radius 2 is 2.03 bits per heavy atom. The zero-order valence-corrected chi connectivity index (χ0v) is 25.7. The molecule has 0 aliphatic carbocycles. The largest absolute Gasteiger partial charge is 0.461 e. The topological polar surface area (TPSA) is 94.7 Å². The Morgan fingerprint density at radius 1 is 1.21 bits per heavy atom. The van der Waals surface area contributed by atoms with Crippen LogP contribution in [0.25, 0.3) is 10.2 Å². The first-order valence-electron chi connectivity index (χ1n) is 13.2. The second kappa shape index (κ2) is 11.7. The van der Waals surface area contributed by atoms with E-state index in [-0.39, 0.29) is 0 Å². The van der Waals surface area contributed by atoms with Gasteiger partial charge in [0.15, 0.2) is 27.3 Å². The average Bonchev–Trinajstić information content (AvgIpc) is 3.53. The number of aromatic nitrogens is 4. The molecule has 0 saturated heterocycles. The summed E-state index contributed by atoms with van der Waals surface area (Å²) in [5, 5.41) is 11.6. The van der Waals surface area contributed by atoms with Gasteiger partial charge >= 0.3 is 5.97 Å². The van der Waals surface area contributed by atoms with E-state index in [9.17, 15) is 4.79 Å². The number of para-hydroxylation sites is 1. The number of rotatable bonds is 9. The monoisotopic (exact) mass is 582 g/mol. The van der Waals surface area contributed by atoms with Crippen molar-refractivity contribution in [1.82, 2.24) is 19.7 Å². The third-order valence-electron chi connectivity index (χ3n) is 6.58. The lowest BCUT2D eigenvalue weighted by molar-refractivity contribution is 0.0520. The van der Waals surface area contributed by atoms with Crippen molar-refractivity contribution in [3.8, 4) is 0 Å². The van der Waals surface area contributed by atoms with Gasteiger partial charge in [0.25, 0.3) is 0 Å². The van der Waals surface area contributed by atoms with Crippen molar-refractivity contribution in [2.45, 2.75) is 59.1 Å². The van der Waals surface area contributed by atoms with Gasteiger partial charge < -0.3 is 14.4 Å². The lowest BCUT2D eigenvalue weighted by Crippen LogP contribution is -2.27. The summed E-state index contributed by atoms with van der Waals surface area (Å²) in [6.07, 6.45) is 1.83. The molecule has 1 aliphatic heterocycles. The molecule has 0 spiro atoms. The van der Waals surface area contributed by atoms with Gasteiger partial charge in [0.05, 0.1) is 16.8 Å². The van der Waals surface area contributed by atoms with Crippen LogP contribution in [-0.2, 0) is 22.6 Å². The molecule has 9 nitrogen and oxygen atoms in total. The number of anilines is 2. The zero-order valence-electron chi connectivity index (χ0n) is 23.1. The minimum Gasteiger partial charge on any atom is -0.461 e. The van der Waals surface area contributed by atoms with Crippen molar-refractivity contribution in [2.24, 2.45) is 4.99 Å². The van der Waals surface area contributed by atoms with Crippen LogP contribution < -0.4 is 9.70 Å². The summed E-state index contributed by atoms with van der Waals surface area (Å²) in [5.74, 6) is 0.987. The van der Waals surface area contributed by atoms with E-state index in [4.69, 9.17) is 14.5 Å². The molecule has 206 valence electrons. The highest BCUT2D eigenvalue weighted by Gasteiger charge is 2.26. The van der Waals surface area contributed by atoms with Crippen LogP contribution in [0.4, 0.5) is 16.8 Å². The molecular weight excluding hydrogens is 549 g/mol. The molecular formula is C27H34N6O3S2Si. The van der Waals surface area contributed by atoms with Crippen molar-refractivity contribution in [3.63, 3.8) is 0 Å². The van der Waals surface area contributed by atoms with E-state index in [1.165, 1.54) is 11.3 Å². The Balaban J connectivity index is 1.47. The Hall–Kier alpha value is -2.93. The van der Waals surface area contributed by atoms with E-state index in [1.807, 2.05) is 17.0 Å². The van der Waals surface area contributed by atoms with Crippen LogP contribution in [0, 0.1) is 6.92 Å². The fourth-order valence-electron chi connectivity index (χ4n) is 4.40. The van der Waals surface area contributed by atoms with E-state index in [0.29, 0.717) is 24.8 Å². The maximum Gasteiger partial charge on any atom is 0.357 e. The van der Waals surface area contributed by atoms with Gasteiger partial charge in [-0.05, 0) is 44.9 Å². The molecule has 0 fully saturated rings. The molecule has 0 saturated carbocycles. The predicted octanol–water partition coefficient (Wildman–Crippen LogP) is 6.06. The van der Waals surface area contributed by atoms with Gasteiger partial charge in [0, 0.05) is 37.7 Å². The van der Waals surface area contributed by atoms with Crippen molar-refractivity contribution in [1.29, 1.82) is 0 Å². The molecule has 1 aromatic carbocycles. The number of hydrogen-bond acceptors (Lipinski definition) is 10. The Labute approximate surface area is 237 Å². The molecule has 4 heterocycles. The van der Waals surface area contributed by atoms with Gasteiger partial charge in [0.1, 0.15) is 6.73 Å². The fourth-order valence-corrected chi connectivity index (χ4v) is 7.00. The van der Waals surface area contributed by atoms with E-state index >= 15 is 0 Å². The molecule has 39 heavy (non-hydrogen) atoms. The average molecular weight is 583 g/mol. The minimum atomic E-state index is -1.17. The molecule has 3 aromatic heterocycles. The molecule has 12 heteroatoms. The number of carbonyl (C=O) groups excluding carboxylic acids is 1. The van der Waals surface area contributed by atoms with E-state index in [1.54, 1.807) is 23.6 Å². The first-order chi connectivity index (χ1) is 18.7. The SMILES string of the molecule is CCOC(=O)c1csc(N2CCCc3c2nnc(N=c2sc4ccccc4n2COCC[Si](C)(C)C)c3C)n1. The van der Waals surface area contributed by atoms with Crippen molar-refractivity contribution >= 4 is 63.7 Å². The highest BCUT2D eigenvalue weighted by molar-refractivity contribution is 7.16. The number of hydrogen-bond donors (Lipinski definition) is 0. The number of fused-ring (bicyclic) bond motifs is 2. The maximum absolute atomic E-state index is 12.1. The summed E-state index contributed by atoms with van der Waals surface area (Å²) in [6, 6.07) is 9.42. The van der Waals surface area contributed by atoms with E-state index in [0.717, 1.165) is 69.1 Å². The number of carbonyl (C=O) groups is 1. The highest BCUT2D eigenvalue weighted by atomic mass is 32.1. The Bertz CT molecular complexity index is 1560. The van der Waals surface area contributed by atoms with E-state index < -0.39 is 14.0 Å². The molecule has 0 N–H and O–H groups in total. The predicted molar refractivity (Wildman–Crippen MR) is 159 cm³/mol. The molecule has 5 rings (SSSR count). The van der Waals surface area contributed by atoms with Crippen LogP contribution in [-0.4, -0.2) is 53.6 Å². The third kappa shape index (κ3) is 6.13. The number of thiazole rings is 2. The van der Waals surface area contributed by atoms with Gasteiger partial charge in [-0.2, -0.15) is 4.99 Å². The lowest BCUT2D eigenvalue weighted by Gasteiger charge is -2.28. The molecule has 0 atom stereocenters. The first kappa shape index (κ1) is 27.6. The van der Waals surface area contributed by atoms with Gasteiger partial charge in [-0.1, -0.05) is 43.1 Å². The summed E-state index contributed by atoms with van der Waals surface area (Å²) in [6.45, 7) is 13.2. The van der Waals surface area contributed by atoms with Gasteiger partial charge in [-0.15, -0.1) is 21.5 Å². The quantitative estimate of drug-likeness (QED) is 0.134. The van der Waals surface area contributed by atoms with Crippen molar-refractivity contribution < 1.29 is 14.3 Å². The van der Waals surface area contributed by atoms with Gasteiger partial charge in [-0.25, -0.2) is 9.78 Å². The van der Waals surface area contributed by atoms with Gasteiger partial charge in [-0.3, -0.25) is 4.57 Å². The summed E-state index contributed by atoms with van der Waals surface area (Å²) >= 11 is 3.04. The summed E-state index contributed by atoms with van der Waals surface area (Å²) in [7, 11) is -1.17. The fraction of sp³-hybridized carbons (Fsp3) is 0.444. The summed E-state index contributed by atoms with van der Waals surface area (Å²) < 4.78 is 14.5. The molecule has 0 bridgehead atoms. The van der Waals surface area contributed by atoms with E-state index in [2.05, 4.69) is 58.4 Å². The normalized spacial score (nSPS) is 14.2. The van der Waals surface area contributed by atoms with Crippen molar-refractivity contribution in [2.75, 3.05) is 24.7 Å². The molecule has 0 unspecified atom stereocenters. The van der Waals surface area contributed by atoms with Crippen LogP contribution in [0.1, 0.15) is 35.0 Å². The highest BCUT2D eigenvalue weighted by Crippen LogP contribution is 2.37. The zero-order chi connectivity index (χ0) is 27.6. The molecule has 0 radical (unpaired) electrons. The summed E-state index contributed by atoms with van der Waals surface area (Å²) in [4.78, 5) is 24.5. The van der Waals surface area contributed by atoms with Crippen LogP contribution in [0.3, 0.4) is 0 Å². The number of ether oxygens (including phenoxy) is 2. The van der Waals surface area contributed by atoms with Crippen LogP contribution >= 0.6 is 22.7 Å². The molecule has 4 aromatic rings. The first-order valence-corrected chi connectivity index (χ1v) is 18.6. The Kier molecular flexibility index (Phi) is 8.26. The van der Waals surface area contributed by atoms with Crippen molar-refractivity contribution in [3.05, 3.63) is 51.3 Å². The van der Waals surface area contributed by atoms with Crippen LogP contribution in [0.2, 0.25) is 25.7 Å². The standard InChI is InChI=1S/C27H34N6O3S2Si/c1-6-36-25(34)20-16-37-26(28-20)32-13-9-10-19-18(2)23(30-31-24(19)32)29-27-33(17-35-14-15-39(3,4)5)21-11-7-8-12-22(21)38-27/h7-8,11-12,16H,6,9-10,13-15,17H2,1-5H3. The van der Waals surface area contributed by atoms with Crippen LogP contribution in [0.5, 0.6) is 0 Å². The maximum atomic E-state index is 12.1. The Morgan fingerprint density at radius 3 is 2.82 bits per heavy atom. The number of nitrogens with zero attached hydrogens (tertiary/aromatic N) is 6. The second-order valence-corrected chi connectivity index (χ2v) is 18.1. The number of benzene rings is 1. The van der Waals surface area contributed by atoms with Crippen LogP contribution in [0.15, 0.2) is 34.6 Å². The minimum absolute atomic E-state index is 0.319.